The van der Waals surface area contributed by atoms with Gasteiger partial charge in [0.2, 0.25) is 5.91 Å². The molecule has 1 fully saturated rings. The highest BCUT2D eigenvalue weighted by molar-refractivity contribution is 7.99. The van der Waals surface area contributed by atoms with E-state index in [0.29, 0.717) is 12.3 Å². The molecule has 3 heterocycles. The van der Waals surface area contributed by atoms with Gasteiger partial charge in [-0.2, -0.15) is 0 Å². The van der Waals surface area contributed by atoms with Crippen molar-refractivity contribution in [1.82, 2.24) is 14.5 Å². The first-order valence-corrected chi connectivity index (χ1v) is 10.2. The summed E-state index contributed by atoms with van der Waals surface area (Å²) in [6.07, 6.45) is 6.71. The Hall–Kier alpha value is -1.30. The molecule has 2 aliphatic heterocycles. The minimum absolute atomic E-state index is 0.0260. The fourth-order valence-electron chi connectivity index (χ4n) is 4.21. The lowest BCUT2D eigenvalue weighted by Crippen LogP contribution is -2.41. The van der Waals surface area contributed by atoms with E-state index in [1.54, 1.807) is 11.8 Å². The van der Waals surface area contributed by atoms with Crippen molar-refractivity contribution in [2.75, 3.05) is 18.8 Å². The molecule has 0 aromatic carbocycles. The smallest absolute Gasteiger partial charge is 0.257 e. The van der Waals surface area contributed by atoms with Crippen LogP contribution in [0.25, 0.3) is 0 Å². The van der Waals surface area contributed by atoms with Crippen LogP contribution in [0.15, 0.2) is 9.95 Å². The zero-order valence-electron chi connectivity index (χ0n) is 14.3. The molecule has 24 heavy (non-hydrogen) atoms. The number of hydrogen-bond donors (Lipinski definition) is 0. The summed E-state index contributed by atoms with van der Waals surface area (Å²) in [6, 6.07) is -0.0260. The third-order valence-corrected chi connectivity index (χ3v) is 6.64. The summed E-state index contributed by atoms with van der Waals surface area (Å²) >= 11 is 1.63. The predicted molar refractivity (Wildman–Crippen MR) is 94.5 cm³/mol. The summed E-state index contributed by atoms with van der Waals surface area (Å²) in [5, 5.41) is 0.825. The van der Waals surface area contributed by atoms with Crippen LogP contribution in [0.3, 0.4) is 0 Å². The summed E-state index contributed by atoms with van der Waals surface area (Å²) in [6.45, 7) is 3.94. The fourth-order valence-corrected chi connectivity index (χ4v) is 5.36. The van der Waals surface area contributed by atoms with Crippen LogP contribution >= 0.6 is 11.8 Å². The first-order valence-electron chi connectivity index (χ1n) is 9.18. The molecule has 0 radical (unpaired) electrons. The summed E-state index contributed by atoms with van der Waals surface area (Å²) in [5.74, 6) is 1.58. The maximum Gasteiger partial charge on any atom is 0.257 e. The maximum absolute atomic E-state index is 12.9. The van der Waals surface area contributed by atoms with Crippen LogP contribution in [0, 0.1) is 5.92 Å². The highest BCUT2D eigenvalue weighted by Gasteiger charge is 2.32. The van der Waals surface area contributed by atoms with Gasteiger partial charge in [0, 0.05) is 30.8 Å². The molecule has 1 saturated heterocycles. The van der Waals surface area contributed by atoms with Crippen molar-refractivity contribution in [3.63, 3.8) is 0 Å². The molecule has 0 spiro atoms. The van der Waals surface area contributed by atoms with Gasteiger partial charge in [0.1, 0.15) is 0 Å². The summed E-state index contributed by atoms with van der Waals surface area (Å²) in [5.41, 5.74) is 2.02. The Morgan fingerprint density at radius 2 is 2.12 bits per heavy atom. The van der Waals surface area contributed by atoms with E-state index in [4.69, 9.17) is 4.98 Å². The van der Waals surface area contributed by atoms with Crippen LogP contribution < -0.4 is 5.56 Å². The fraction of sp³-hybridized carbons (Fsp3) is 0.722. The van der Waals surface area contributed by atoms with Gasteiger partial charge in [0.05, 0.1) is 11.7 Å². The summed E-state index contributed by atoms with van der Waals surface area (Å²) < 4.78 is 1.82. The van der Waals surface area contributed by atoms with Gasteiger partial charge in [0.15, 0.2) is 5.16 Å². The lowest BCUT2D eigenvalue weighted by atomic mass is 9.97. The molecule has 3 aliphatic rings. The average Bonchev–Trinajstić information content (AvgIpc) is 2.98. The molecular formula is C18H25N3O2S. The number of carbonyl (C=O) groups is 1. The second kappa shape index (κ2) is 6.54. The SMILES string of the molecule is CC1CCCN(C(=O)CC2CSc3nc4c(c(=O)n32)CCCC4)C1. The van der Waals surface area contributed by atoms with Gasteiger partial charge in [0.25, 0.3) is 5.56 Å². The van der Waals surface area contributed by atoms with Crippen LogP contribution in [0.4, 0.5) is 0 Å². The second-order valence-electron chi connectivity index (χ2n) is 7.46. The molecule has 0 saturated carbocycles. The average molecular weight is 347 g/mol. The molecule has 6 heteroatoms. The van der Waals surface area contributed by atoms with Crippen molar-refractivity contribution in [3.05, 3.63) is 21.6 Å². The Morgan fingerprint density at radius 1 is 1.29 bits per heavy atom. The Balaban J connectivity index is 1.55. The zero-order valence-corrected chi connectivity index (χ0v) is 15.1. The molecule has 5 nitrogen and oxygen atoms in total. The molecule has 130 valence electrons. The van der Waals surface area contributed by atoms with E-state index in [9.17, 15) is 9.59 Å². The van der Waals surface area contributed by atoms with Gasteiger partial charge in [-0.15, -0.1) is 0 Å². The van der Waals surface area contributed by atoms with E-state index in [0.717, 1.165) is 67.4 Å². The highest BCUT2D eigenvalue weighted by atomic mass is 32.2. The van der Waals surface area contributed by atoms with Crippen molar-refractivity contribution in [3.8, 4) is 0 Å². The van der Waals surface area contributed by atoms with Crippen molar-refractivity contribution >= 4 is 17.7 Å². The van der Waals surface area contributed by atoms with E-state index in [1.165, 1.54) is 6.42 Å². The number of aryl methyl sites for hydroxylation is 1. The van der Waals surface area contributed by atoms with Gasteiger partial charge in [-0.3, -0.25) is 14.2 Å². The number of fused-ring (bicyclic) bond motifs is 2. The van der Waals surface area contributed by atoms with Gasteiger partial charge >= 0.3 is 0 Å². The topological polar surface area (TPSA) is 55.2 Å². The third-order valence-electron chi connectivity index (χ3n) is 5.54. The van der Waals surface area contributed by atoms with Crippen molar-refractivity contribution < 1.29 is 4.79 Å². The van der Waals surface area contributed by atoms with Gasteiger partial charge in [-0.05, 0) is 44.4 Å². The quantitative estimate of drug-likeness (QED) is 0.771. The molecule has 1 aliphatic carbocycles. The van der Waals surface area contributed by atoms with E-state index < -0.39 is 0 Å². The highest BCUT2D eigenvalue weighted by Crippen LogP contribution is 2.34. The first-order chi connectivity index (χ1) is 11.6. The second-order valence-corrected chi connectivity index (χ2v) is 8.45. The van der Waals surface area contributed by atoms with Crippen LogP contribution in [0.5, 0.6) is 0 Å². The number of aromatic nitrogens is 2. The third kappa shape index (κ3) is 2.89. The van der Waals surface area contributed by atoms with Crippen LogP contribution in [-0.2, 0) is 17.6 Å². The van der Waals surface area contributed by atoms with Gasteiger partial charge in [-0.25, -0.2) is 4.98 Å². The van der Waals surface area contributed by atoms with Crippen LogP contribution in [0.1, 0.15) is 56.3 Å². The molecule has 1 aromatic heterocycles. The largest absolute Gasteiger partial charge is 0.342 e. The van der Waals surface area contributed by atoms with Gasteiger partial charge in [-0.1, -0.05) is 18.7 Å². The minimum Gasteiger partial charge on any atom is -0.342 e. The number of thioether (sulfide) groups is 1. The molecular weight excluding hydrogens is 322 g/mol. The lowest BCUT2D eigenvalue weighted by molar-refractivity contribution is -0.133. The van der Waals surface area contributed by atoms with Gasteiger partial charge < -0.3 is 4.90 Å². The Bertz CT molecular complexity index is 715. The predicted octanol–water partition coefficient (Wildman–Crippen LogP) is 2.42. The molecule has 1 amide bonds. The Labute approximate surface area is 146 Å². The first kappa shape index (κ1) is 16.2. The van der Waals surface area contributed by atoms with Crippen molar-refractivity contribution in [1.29, 1.82) is 0 Å². The maximum atomic E-state index is 12.9. The standard InChI is InChI=1S/C18H25N3O2S/c1-12-5-4-8-20(10-12)16(22)9-13-11-24-18-19-15-7-3-2-6-14(15)17(23)21(13)18/h12-13H,2-11H2,1H3. The number of carbonyl (C=O) groups excluding carboxylic acids is 1. The van der Waals surface area contributed by atoms with Crippen LogP contribution in [0.2, 0.25) is 0 Å². The Morgan fingerprint density at radius 3 is 2.96 bits per heavy atom. The van der Waals surface area contributed by atoms with E-state index in [2.05, 4.69) is 6.92 Å². The number of rotatable bonds is 2. The van der Waals surface area contributed by atoms with Crippen molar-refractivity contribution in [2.24, 2.45) is 5.92 Å². The zero-order chi connectivity index (χ0) is 16.7. The number of piperidine rings is 1. The number of nitrogens with zero attached hydrogens (tertiary/aromatic N) is 3. The molecule has 0 N–H and O–H groups in total. The monoisotopic (exact) mass is 347 g/mol. The number of likely N-dealkylation sites (tertiary alicyclic amines) is 1. The molecule has 0 bridgehead atoms. The summed E-state index contributed by atoms with van der Waals surface area (Å²) in [4.78, 5) is 32.3. The molecule has 2 atom stereocenters. The molecule has 1 aromatic rings. The van der Waals surface area contributed by atoms with Crippen LogP contribution in [-0.4, -0.2) is 39.2 Å². The number of hydrogen-bond acceptors (Lipinski definition) is 4. The minimum atomic E-state index is -0.0260. The van der Waals surface area contributed by atoms with E-state index >= 15 is 0 Å². The van der Waals surface area contributed by atoms with E-state index in [1.807, 2.05) is 9.47 Å². The van der Waals surface area contributed by atoms with Crippen molar-refractivity contribution in [2.45, 2.75) is 63.1 Å². The number of amides is 1. The normalized spacial score (nSPS) is 26.1. The molecule has 2 unspecified atom stereocenters. The lowest BCUT2D eigenvalue weighted by Gasteiger charge is -2.31. The molecule has 4 rings (SSSR count). The van der Waals surface area contributed by atoms with E-state index in [-0.39, 0.29) is 17.5 Å². The Kier molecular flexibility index (Phi) is 4.41. The summed E-state index contributed by atoms with van der Waals surface area (Å²) in [7, 11) is 0.